The van der Waals surface area contributed by atoms with E-state index in [1.807, 2.05) is 24.3 Å². The zero-order valence-corrected chi connectivity index (χ0v) is 15.4. The minimum atomic E-state index is -1.69. The molecule has 1 aromatic carbocycles. The van der Waals surface area contributed by atoms with Gasteiger partial charge in [-0.25, -0.2) is 4.98 Å². The Balaban J connectivity index is 1.68. The summed E-state index contributed by atoms with van der Waals surface area (Å²) in [6.45, 7) is 0.447. The van der Waals surface area contributed by atoms with Crippen molar-refractivity contribution in [3.8, 4) is 22.5 Å². The van der Waals surface area contributed by atoms with Crippen LogP contribution >= 0.6 is 0 Å². The van der Waals surface area contributed by atoms with Crippen molar-refractivity contribution in [2.24, 2.45) is 12.8 Å². The summed E-state index contributed by atoms with van der Waals surface area (Å²) in [4.78, 5) is 29.4. The van der Waals surface area contributed by atoms with Gasteiger partial charge in [0.05, 0.1) is 5.69 Å². The van der Waals surface area contributed by atoms with Crippen LogP contribution in [0.1, 0.15) is 22.8 Å². The second kappa shape index (κ2) is 6.31. The molecule has 1 fully saturated rings. The minimum Gasteiger partial charge on any atom is -0.373 e. The number of imidazole rings is 1. The molecule has 1 saturated heterocycles. The van der Waals surface area contributed by atoms with Crippen molar-refractivity contribution >= 4 is 11.8 Å². The van der Waals surface area contributed by atoms with E-state index in [1.54, 1.807) is 30.9 Å². The van der Waals surface area contributed by atoms with Gasteiger partial charge in [-0.2, -0.15) is 0 Å². The lowest BCUT2D eigenvalue weighted by molar-refractivity contribution is -0.144. The van der Waals surface area contributed by atoms with Crippen molar-refractivity contribution in [3.63, 3.8) is 0 Å². The largest absolute Gasteiger partial charge is 0.373 e. The highest BCUT2D eigenvalue weighted by molar-refractivity contribution is 5.90. The van der Waals surface area contributed by atoms with Crippen molar-refractivity contribution in [3.05, 3.63) is 48.1 Å². The summed E-state index contributed by atoms with van der Waals surface area (Å²) in [5.74, 6) is -0.728. The molecule has 3 aromatic rings. The molecule has 0 radical (unpaired) electrons. The van der Waals surface area contributed by atoms with E-state index in [0.29, 0.717) is 17.9 Å². The average molecular weight is 381 g/mol. The SMILES string of the molecule is CN1CC[C@@](O)(c2cc(-c3cccc(-c4cn(C)c(C(N)=O)n4)c3)no2)C1=O. The first-order chi connectivity index (χ1) is 13.3. The zero-order valence-electron chi connectivity index (χ0n) is 15.4. The molecule has 0 saturated carbocycles. The van der Waals surface area contributed by atoms with Crippen molar-refractivity contribution in [1.29, 1.82) is 0 Å². The van der Waals surface area contributed by atoms with Crippen molar-refractivity contribution in [2.75, 3.05) is 13.6 Å². The monoisotopic (exact) mass is 381 g/mol. The number of rotatable bonds is 4. The summed E-state index contributed by atoms with van der Waals surface area (Å²) in [7, 11) is 3.33. The average Bonchev–Trinajstić information content (AvgIpc) is 3.38. The highest BCUT2D eigenvalue weighted by Gasteiger charge is 2.48. The maximum Gasteiger partial charge on any atom is 0.284 e. The van der Waals surface area contributed by atoms with Crippen LogP contribution in [0.2, 0.25) is 0 Å². The Labute approximate surface area is 160 Å². The lowest BCUT2D eigenvalue weighted by atomic mass is 9.98. The molecule has 1 aliphatic rings. The van der Waals surface area contributed by atoms with E-state index >= 15 is 0 Å². The number of benzene rings is 1. The van der Waals surface area contributed by atoms with E-state index in [2.05, 4.69) is 10.1 Å². The molecule has 1 aliphatic heterocycles. The number of aromatic nitrogens is 3. The molecule has 9 nitrogen and oxygen atoms in total. The van der Waals surface area contributed by atoms with Gasteiger partial charge in [0.2, 0.25) is 5.60 Å². The summed E-state index contributed by atoms with van der Waals surface area (Å²) >= 11 is 0. The van der Waals surface area contributed by atoms with E-state index in [4.69, 9.17) is 10.3 Å². The number of nitrogens with two attached hydrogens (primary N) is 1. The molecule has 0 aliphatic carbocycles. The van der Waals surface area contributed by atoms with E-state index in [9.17, 15) is 14.7 Å². The van der Waals surface area contributed by atoms with Crippen LogP contribution < -0.4 is 5.73 Å². The van der Waals surface area contributed by atoms with Crippen LogP contribution in [0.4, 0.5) is 0 Å². The molecular formula is C19H19N5O4. The Bertz CT molecular complexity index is 1090. The van der Waals surface area contributed by atoms with Gasteiger partial charge in [0.1, 0.15) is 5.69 Å². The second-order valence-electron chi connectivity index (χ2n) is 6.92. The summed E-state index contributed by atoms with van der Waals surface area (Å²) in [5.41, 5.74) is 6.20. The van der Waals surface area contributed by atoms with Gasteiger partial charge in [-0.15, -0.1) is 0 Å². The number of likely N-dealkylation sites (tertiary alicyclic amines) is 1. The number of carbonyl (C=O) groups excluding carboxylic acids is 2. The molecule has 2 amide bonds. The van der Waals surface area contributed by atoms with Crippen LogP contribution in [-0.4, -0.2) is 50.1 Å². The summed E-state index contributed by atoms with van der Waals surface area (Å²) < 4.78 is 6.86. The smallest absolute Gasteiger partial charge is 0.284 e. The van der Waals surface area contributed by atoms with Crippen molar-refractivity contribution in [2.45, 2.75) is 12.0 Å². The van der Waals surface area contributed by atoms with E-state index < -0.39 is 17.4 Å². The molecule has 2 aromatic heterocycles. The van der Waals surface area contributed by atoms with Crippen LogP contribution in [0, 0.1) is 0 Å². The lowest BCUT2D eigenvalue weighted by Gasteiger charge is -2.16. The highest BCUT2D eigenvalue weighted by Crippen LogP contribution is 2.35. The fourth-order valence-electron chi connectivity index (χ4n) is 3.36. The summed E-state index contributed by atoms with van der Waals surface area (Å²) in [5, 5.41) is 14.7. The van der Waals surface area contributed by atoms with Crippen molar-refractivity contribution in [1.82, 2.24) is 19.6 Å². The van der Waals surface area contributed by atoms with Crippen LogP contribution in [-0.2, 0) is 17.4 Å². The molecule has 0 bridgehead atoms. The number of aryl methyl sites for hydroxylation is 1. The van der Waals surface area contributed by atoms with Crippen LogP contribution in [0.5, 0.6) is 0 Å². The fourth-order valence-corrected chi connectivity index (χ4v) is 3.36. The predicted molar refractivity (Wildman–Crippen MR) is 98.8 cm³/mol. The molecule has 28 heavy (non-hydrogen) atoms. The topological polar surface area (TPSA) is 127 Å². The third kappa shape index (κ3) is 2.76. The lowest BCUT2D eigenvalue weighted by Crippen LogP contribution is -2.35. The number of carbonyl (C=O) groups is 2. The Hall–Kier alpha value is -3.46. The molecule has 1 atom stereocenters. The molecule has 144 valence electrons. The Kier molecular flexibility index (Phi) is 4.04. The normalized spacial score (nSPS) is 19.4. The van der Waals surface area contributed by atoms with Gasteiger partial charge >= 0.3 is 0 Å². The van der Waals surface area contributed by atoms with Crippen LogP contribution in [0.3, 0.4) is 0 Å². The summed E-state index contributed by atoms with van der Waals surface area (Å²) in [6, 6.07) is 8.90. The van der Waals surface area contributed by atoms with E-state index in [-0.39, 0.29) is 18.0 Å². The van der Waals surface area contributed by atoms with Gasteiger partial charge in [0.25, 0.3) is 11.8 Å². The Morgan fingerprint density at radius 1 is 1.25 bits per heavy atom. The fraction of sp³-hybridized carbons (Fsp3) is 0.263. The van der Waals surface area contributed by atoms with Crippen LogP contribution in [0.25, 0.3) is 22.5 Å². The molecule has 0 unspecified atom stereocenters. The van der Waals surface area contributed by atoms with Gasteiger partial charge in [0, 0.05) is 50.5 Å². The number of nitrogens with zero attached hydrogens (tertiary/aromatic N) is 4. The zero-order chi connectivity index (χ0) is 20.1. The number of aliphatic hydroxyl groups is 1. The maximum absolute atomic E-state index is 12.2. The first kappa shape index (κ1) is 17.9. The molecule has 4 rings (SSSR count). The standard InChI is InChI=1S/C19H19N5O4/c1-23-7-6-19(27,18(23)26)15-9-13(22-28-15)11-4-3-5-12(8-11)14-10-24(2)17(21-14)16(20)25/h3-5,8-10,27H,6-7H2,1-2H3,(H2,20,25)/t19-/m1/s1. The molecule has 3 heterocycles. The molecular weight excluding hydrogens is 362 g/mol. The number of likely N-dealkylation sites (N-methyl/N-ethyl adjacent to an activating group) is 1. The highest BCUT2D eigenvalue weighted by atomic mass is 16.5. The first-order valence-electron chi connectivity index (χ1n) is 8.69. The van der Waals surface area contributed by atoms with E-state index in [1.165, 1.54) is 4.90 Å². The number of amides is 2. The number of hydrogen-bond acceptors (Lipinski definition) is 6. The third-order valence-corrected chi connectivity index (χ3v) is 4.98. The van der Waals surface area contributed by atoms with Gasteiger partial charge in [-0.05, 0) is 6.07 Å². The molecule has 3 N–H and O–H groups in total. The molecule has 0 spiro atoms. The van der Waals surface area contributed by atoms with Gasteiger partial charge < -0.3 is 24.8 Å². The quantitative estimate of drug-likeness (QED) is 0.691. The maximum atomic E-state index is 12.2. The molecule has 9 heteroatoms. The number of hydrogen-bond donors (Lipinski definition) is 2. The van der Waals surface area contributed by atoms with Gasteiger partial charge in [0.15, 0.2) is 11.6 Å². The van der Waals surface area contributed by atoms with Gasteiger partial charge in [-0.1, -0.05) is 23.4 Å². The third-order valence-electron chi connectivity index (χ3n) is 4.98. The van der Waals surface area contributed by atoms with Crippen molar-refractivity contribution < 1.29 is 19.2 Å². The summed E-state index contributed by atoms with van der Waals surface area (Å²) in [6.07, 6.45) is 1.96. The first-order valence-corrected chi connectivity index (χ1v) is 8.69. The Morgan fingerprint density at radius 3 is 2.57 bits per heavy atom. The van der Waals surface area contributed by atoms with Crippen LogP contribution in [0.15, 0.2) is 41.1 Å². The Morgan fingerprint density at radius 2 is 1.96 bits per heavy atom. The van der Waals surface area contributed by atoms with Gasteiger partial charge in [-0.3, -0.25) is 9.59 Å². The van der Waals surface area contributed by atoms with E-state index in [0.717, 1.165) is 11.1 Å². The number of primary amides is 1. The predicted octanol–water partition coefficient (Wildman–Crippen LogP) is 0.891. The second-order valence-corrected chi connectivity index (χ2v) is 6.92. The minimum absolute atomic E-state index is 0.121.